The summed E-state index contributed by atoms with van der Waals surface area (Å²) in [6.07, 6.45) is 0.231. The summed E-state index contributed by atoms with van der Waals surface area (Å²) in [6.45, 7) is 0. The van der Waals surface area contributed by atoms with Gasteiger partial charge >= 0.3 is 39.3 Å². The van der Waals surface area contributed by atoms with E-state index in [1.165, 1.54) is 11.1 Å². The molecule has 4 N–H and O–H groups in total. The van der Waals surface area contributed by atoms with E-state index in [2.05, 4.69) is 34.7 Å². The van der Waals surface area contributed by atoms with Crippen LogP contribution in [0, 0.1) is 3.57 Å². The Hall–Kier alpha value is -0.995. The van der Waals surface area contributed by atoms with Crippen molar-refractivity contribution in [3.05, 3.63) is 52.1 Å². The zero-order valence-electron chi connectivity index (χ0n) is 13.9. The van der Waals surface area contributed by atoms with E-state index < -0.39 is 17.9 Å². The molecule has 0 spiro atoms. The van der Waals surface area contributed by atoms with Crippen molar-refractivity contribution in [2.24, 2.45) is 11.5 Å². The summed E-state index contributed by atoms with van der Waals surface area (Å²) in [5.74, 6) is -1.08. The van der Waals surface area contributed by atoms with Crippen molar-refractivity contribution in [1.82, 2.24) is 0 Å². The second-order valence-corrected chi connectivity index (χ2v) is 6.54. The van der Waals surface area contributed by atoms with Crippen LogP contribution in [0.15, 0.2) is 48.5 Å². The minimum atomic E-state index is -0.861. The van der Waals surface area contributed by atoms with E-state index in [0.29, 0.717) is 0 Å². The van der Waals surface area contributed by atoms with Crippen molar-refractivity contribution in [2.45, 2.75) is 18.9 Å². The molecule has 5 nitrogen and oxygen atoms in total. The molecule has 0 saturated heterocycles. The number of benzene rings is 2. The van der Waals surface area contributed by atoms with Gasteiger partial charge in [-0.05, 0) is 57.7 Å². The third-order valence-corrected chi connectivity index (χ3v) is 4.12. The van der Waals surface area contributed by atoms with Gasteiger partial charge in [-0.3, -0.25) is 9.59 Å². The number of rotatable bonds is 7. The van der Waals surface area contributed by atoms with Gasteiger partial charge in [0.1, 0.15) is 6.04 Å². The fourth-order valence-electron chi connectivity index (χ4n) is 2.03. The van der Waals surface area contributed by atoms with Crippen LogP contribution < -0.4 is 16.9 Å². The van der Waals surface area contributed by atoms with E-state index >= 15 is 0 Å². The predicted molar refractivity (Wildman–Crippen MR) is 111 cm³/mol. The molecule has 25 heavy (non-hydrogen) atoms. The molecule has 0 bridgehead atoms. The monoisotopic (exact) mass is 552 g/mol. The third kappa shape index (κ3) is 7.41. The van der Waals surface area contributed by atoms with E-state index in [0.717, 1.165) is 16.6 Å². The topological polar surface area (TPSA) is 95.4 Å². The van der Waals surface area contributed by atoms with Crippen molar-refractivity contribution >= 4 is 73.3 Å². The number of carbonyl (C=O) groups is 2. The van der Waals surface area contributed by atoms with Gasteiger partial charge in [-0.15, -0.1) is 0 Å². The fraction of sp³-hybridized carbons (Fsp3) is 0.176. The molecule has 0 aliphatic heterocycles. The average Bonchev–Trinajstić information content (AvgIpc) is 2.58. The summed E-state index contributed by atoms with van der Waals surface area (Å²) < 4.78 is 6.22. The van der Waals surface area contributed by atoms with Gasteiger partial charge < -0.3 is 16.1 Å². The van der Waals surface area contributed by atoms with Gasteiger partial charge in [0.25, 0.3) is 0 Å². The Morgan fingerprint density at radius 2 is 1.56 bits per heavy atom. The van der Waals surface area contributed by atoms with E-state index in [-0.39, 0.29) is 38.7 Å². The quantitative estimate of drug-likeness (QED) is 0.385. The van der Waals surface area contributed by atoms with Crippen molar-refractivity contribution in [1.29, 1.82) is 0 Å². The van der Waals surface area contributed by atoms with Gasteiger partial charge in [0, 0.05) is 9.99 Å². The summed E-state index contributed by atoms with van der Waals surface area (Å²) in [5, 5.41) is 0. The SMILES string of the molecule is NC(=O)CCC(N)C(=O)O[B]c1ccc(-c2ccc(I)cc2)cc1.[InH2]. The van der Waals surface area contributed by atoms with Crippen LogP contribution >= 0.6 is 22.6 Å². The Balaban J connectivity index is 0.00000312. The molecule has 1 amide bonds. The van der Waals surface area contributed by atoms with Crippen LogP contribution in [-0.4, -0.2) is 51.2 Å². The van der Waals surface area contributed by atoms with Crippen molar-refractivity contribution in [2.75, 3.05) is 0 Å². The average molecular weight is 552 g/mol. The van der Waals surface area contributed by atoms with Gasteiger partial charge in [-0.1, -0.05) is 36.4 Å². The first-order valence-electron chi connectivity index (χ1n) is 7.39. The Morgan fingerprint density at radius 1 is 1.04 bits per heavy atom. The molecule has 128 valence electrons. The molecule has 0 aliphatic carbocycles. The maximum absolute atomic E-state index is 11.7. The van der Waals surface area contributed by atoms with E-state index in [4.69, 9.17) is 16.1 Å². The summed E-state index contributed by atoms with van der Waals surface area (Å²) in [6, 6.07) is 15.0. The van der Waals surface area contributed by atoms with Crippen LogP contribution in [0.3, 0.4) is 0 Å². The molecule has 0 saturated carbocycles. The van der Waals surface area contributed by atoms with Crippen LogP contribution in [-0.2, 0) is 14.2 Å². The molecule has 0 fully saturated rings. The first-order valence-corrected chi connectivity index (χ1v) is 8.47. The molecule has 0 heterocycles. The van der Waals surface area contributed by atoms with Crippen LogP contribution in [0.1, 0.15) is 12.8 Å². The Morgan fingerprint density at radius 3 is 2.08 bits per heavy atom. The molecular weight excluding hydrogens is 533 g/mol. The van der Waals surface area contributed by atoms with Crippen LogP contribution in [0.2, 0.25) is 0 Å². The van der Waals surface area contributed by atoms with E-state index in [1.54, 1.807) is 0 Å². The van der Waals surface area contributed by atoms with Crippen molar-refractivity contribution in [3.63, 3.8) is 0 Å². The maximum atomic E-state index is 11.7. The number of carbonyl (C=O) groups excluding carboxylic acids is 2. The molecule has 2 aromatic rings. The summed E-state index contributed by atoms with van der Waals surface area (Å²) >= 11 is 2.26. The molecule has 1 atom stereocenters. The van der Waals surface area contributed by atoms with Crippen LogP contribution in [0.25, 0.3) is 11.1 Å². The second kappa shape index (κ2) is 10.9. The summed E-state index contributed by atoms with van der Waals surface area (Å²) in [7, 11) is 1.35. The Kier molecular flexibility index (Phi) is 9.59. The molecule has 2 aromatic carbocycles. The molecule has 0 aromatic heterocycles. The standard InChI is InChI=1S/C17H17BIN2O3.In.2H/c19-14-7-3-12(4-8-14)11-1-5-13(6-2-11)18-24-17(23)15(20)9-10-16(21)22;;;/h1-8,15H,9-10,20H2,(H2,21,22);;;. The van der Waals surface area contributed by atoms with Gasteiger partial charge in [0.15, 0.2) is 0 Å². The molecule has 1 unspecified atom stereocenters. The number of hydrogen-bond acceptors (Lipinski definition) is 4. The van der Waals surface area contributed by atoms with Gasteiger partial charge in [0.2, 0.25) is 5.91 Å². The normalized spacial score (nSPS) is 11.1. The van der Waals surface area contributed by atoms with Gasteiger partial charge in [0.05, 0.1) is 0 Å². The Labute approximate surface area is 180 Å². The second-order valence-electron chi connectivity index (χ2n) is 5.30. The van der Waals surface area contributed by atoms with E-state index in [9.17, 15) is 9.59 Å². The number of hydrogen-bond donors (Lipinski definition) is 2. The molecule has 2 rings (SSSR count). The van der Waals surface area contributed by atoms with Gasteiger partial charge in [-0.25, -0.2) is 0 Å². The number of amides is 1. The predicted octanol–water partition coefficient (Wildman–Crippen LogP) is 0.423. The van der Waals surface area contributed by atoms with Crippen LogP contribution in [0.5, 0.6) is 0 Å². The first kappa shape index (κ1) is 22.0. The van der Waals surface area contributed by atoms with E-state index in [1.807, 2.05) is 36.4 Å². The third-order valence-electron chi connectivity index (χ3n) is 3.40. The number of halogens is 1. The Bertz CT molecular complexity index is 711. The van der Waals surface area contributed by atoms with Crippen molar-refractivity contribution in [3.8, 4) is 11.1 Å². The van der Waals surface area contributed by atoms with Crippen molar-refractivity contribution < 1.29 is 14.2 Å². The molecular formula is C17H19BIInN2O3. The molecule has 0 aliphatic rings. The summed E-state index contributed by atoms with van der Waals surface area (Å²) in [5.41, 5.74) is 13.6. The number of nitrogens with two attached hydrogens (primary N) is 2. The fourth-order valence-corrected chi connectivity index (χ4v) is 2.39. The summed E-state index contributed by atoms with van der Waals surface area (Å²) in [4.78, 5) is 22.4. The minimum absolute atomic E-state index is 0. The zero-order valence-corrected chi connectivity index (χ0v) is 21.8. The molecule has 8 heteroatoms. The number of primary amides is 1. The molecule has 2 radical (unpaired) electrons. The first-order chi connectivity index (χ1) is 11.5. The van der Waals surface area contributed by atoms with Crippen LogP contribution in [0.4, 0.5) is 0 Å². The van der Waals surface area contributed by atoms with Gasteiger partial charge in [-0.2, -0.15) is 0 Å². The zero-order chi connectivity index (χ0) is 17.5.